The highest BCUT2D eigenvalue weighted by molar-refractivity contribution is 5.89. The fraction of sp³-hybridized carbons (Fsp3) is 0.417. The number of nitrogens with zero attached hydrogens (tertiary/aromatic N) is 1. The van der Waals surface area contributed by atoms with Gasteiger partial charge in [-0.15, -0.1) is 0 Å². The highest BCUT2D eigenvalue weighted by Gasteiger charge is 2.23. The minimum absolute atomic E-state index is 0.0813. The van der Waals surface area contributed by atoms with Gasteiger partial charge in [-0.2, -0.15) is 0 Å². The number of amides is 2. The van der Waals surface area contributed by atoms with E-state index < -0.39 is 0 Å². The van der Waals surface area contributed by atoms with Gasteiger partial charge in [0.25, 0.3) is 0 Å². The second kappa shape index (κ2) is 5.70. The van der Waals surface area contributed by atoms with E-state index in [1.807, 2.05) is 0 Å². The van der Waals surface area contributed by atoms with Crippen molar-refractivity contribution in [3.05, 3.63) is 24.3 Å². The molecule has 1 aliphatic rings. The molecule has 1 atom stereocenters. The number of carbonyl (C=O) groups is 1. The third kappa shape index (κ3) is 3.12. The molecule has 0 aromatic heterocycles. The molecule has 0 saturated carbocycles. The van der Waals surface area contributed by atoms with Gasteiger partial charge in [-0.3, -0.25) is 0 Å². The van der Waals surface area contributed by atoms with Gasteiger partial charge in [0.2, 0.25) is 0 Å². The number of morpholine rings is 1. The lowest BCUT2D eigenvalue weighted by atomic mass is 10.2. The number of hydrogen-bond acceptors (Lipinski definition) is 4. The molecule has 1 unspecified atom stereocenters. The lowest BCUT2D eigenvalue weighted by Crippen LogP contribution is -2.48. The maximum Gasteiger partial charge on any atom is 0.322 e. The number of hydrogen-bond donors (Lipinski definition) is 3. The summed E-state index contributed by atoms with van der Waals surface area (Å²) in [4.78, 5) is 13.6. The van der Waals surface area contributed by atoms with Gasteiger partial charge in [0.05, 0.1) is 25.9 Å². The molecule has 4 N–H and O–H groups in total. The maximum absolute atomic E-state index is 12.0. The summed E-state index contributed by atoms with van der Waals surface area (Å²) in [6, 6.07) is 6.80. The molecule has 98 valence electrons. The minimum atomic E-state index is -0.301. The minimum Gasteiger partial charge on any atom is -0.399 e. The number of aliphatic hydroxyl groups is 1. The fourth-order valence-corrected chi connectivity index (χ4v) is 1.83. The van der Waals surface area contributed by atoms with E-state index in [0.29, 0.717) is 31.1 Å². The normalized spacial score (nSPS) is 19.6. The van der Waals surface area contributed by atoms with Gasteiger partial charge < -0.3 is 25.8 Å². The van der Waals surface area contributed by atoms with E-state index >= 15 is 0 Å². The molecular formula is C12H17N3O3. The van der Waals surface area contributed by atoms with Gasteiger partial charge in [-0.25, -0.2) is 4.79 Å². The second-order valence-electron chi connectivity index (χ2n) is 4.18. The van der Waals surface area contributed by atoms with Gasteiger partial charge in [0, 0.05) is 17.9 Å². The SMILES string of the molecule is Nc1cccc(NC(=O)N2CCOC(CO)C2)c1. The molecule has 1 fully saturated rings. The highest BCUT2D eigenvalue weighted by atomic mass is 16.5. The molecule has 6 nitrogen and oxygen atoms in total. The van der Waals surface area contributed by atoms with Crippen molar-refractivity contribution >= 4 is 17.4 Å². The fourth-order valence-electron chi connectivity index (χ4n) is 1.83. The van der Waals surface area contributed by atoms with E-state index in [1.54, 1.807) is 29.2 Å². The number of aliphatic hydroxyl groups excluding tert-OH is 1. The molecular weight excluding hydrogens is 234 g/mol. The molecule has 18 heavy (non-hydrogen) atoms. The van der Waals surface area contributed by atoms with E-state index in [0.717, 1.165) is 0 Å². The van der Waals surface area contributed by atoms with Crippen LogP contribution in [0.3, 0.4) is 0 Å². The number of nitrogen functional groups attached to an aromatic ring is 1. The Bertz CT molecular complexity index is 425. The lowest BCUT2D eigenvalue weighted by Gasteiger charge is -2.32. The largest absolute Gasteiger partial charge is 0.399 e. The van der Waals surface area contributed by atoms with Crippen LogP contribution in [-0.2, 0) is 4.74 Å². The van der Waals surface area contributed by atoms with Gasteiger partial charge >= 0.3 is 6.03 Å². The first-order valence-corrected chi connectivity index (χ1v) is 5.83. The Morgan fingerprint density at radius 1 is 1.61 bits per heavy atom. The zero-order valence-corrected chi connectivity index (χ0v) is 10.0. The van der Waals surface area contributed by atoms with Crippen molar-refractivity contribution < 1.29 is 14.6 Å². The number of rotatable bonds is 2. The monoisotopic (exact) mass is 251 g/mol. The maximum atomic E-state index is 12.0. The quantitative estimate of drug-likeness (QED) is 0.668. The third-order valence-electron chi connectivity index (χ3n) is 2.77. The standard InChI is InChI=1S/C12H17N3O3/c13-9-2-1-3-10(6-9)14-12(17)15-4-5-18-11(7-15)8-16/h1-3,6,11,16H,4-5,7-8,13H2,(H,14,17). The first kappa shape index (κ1) is 12.7. The Morgan fingerprint density at radius 3 is 3.17 bits per heavy atom. The van der Waals surface area contributed by atoms with Crippen molar-refractivity contribution in [2.45, 2.75) is 6.10 Å². The van der Waals surface area contributed by atoms with Gasteiger partial charge in [0.15, 0.2) is 0 Å². The molecule has 0 spiro atoms. The average Bonchev–Trinajstić information content (AvgIpc) is 2.39. The predicted octanol–water partition coefficient (Wildman–Crippen LogP) is 0.494. The van der Waals surface area contributed by atoms with Crippen molar-refractivity contribution in [1.29, 1.82) is 0 Å². The van der Waals surface area contributed by atoms with Crippen LogP contribution in [0.2, 0.25) is 0 Å². The molecule has 2 rings (SSSR count). The molecule has 1 aromatic carbocycles. The van der Waals surface area contributed by atoms with Gasteiger partial charge in [-0.05, 0) is 18.2 Å². The summed E-state index contributed by atoms with van der Waals surface area (Å²) in [6.07, 6.45) is -0.301. The van der Waals surface area contributed by atoms with Crippen LogP contribution in [0.1, 0.15) is 0 Å². The zero-order valence-electron chi connectivity index (χ0n) is 10.0. The first-order chi connectivity index (χ1) is 8.69. The van der Waals surface area contributed by atoms with Crippen molar-refractivity contribution in [1.82, 2.24) is 4.90 Å². The number of benzene rings is 1. The van der Waals surface area contributed by atoms with Crippen molar-refractivity contribution in [2.24, 2.45) is 0 Å². The van der Waals surface area contributed by atoms with Gasteiger partial charge in [-0.1, -0.05) is 6.07 Å². The zero-order chi connectivity index (χ0) is 13.0. The first-order valence-electron chi connectivity index (χ1n) is 5.83. The number of urea groups is 1. The summed E-state index contributed by atoms with van der Waals surface area (Å²) in [7, 11) is 0. The van der Waals surface area contributed by atoms with Crippen LogP contribution >= 0.6 is 0 Å². The summed E-state index contributed by atoms with van der Waals surface area (Å²) >= 11 is 0. The molecule has 0 radical (unpaired) electrons. The molecule has 0 aliphatic carbocycles. The molecule has 6 heteroatoms. The second-order valence-corrected chi connectivity index (χ2v) is 4.18. The van der Waals surface area contributed by atoms with E-state index in [-0.39, 0.29) is 18.7 Å². The molecule has 0 bridgehead atoms. The van der Waals surface area contributed by atoms with Crippen LogP contribution in [0.15, 0.2) is 24.3 Å². The molecule has 2 amide bonds. The topological polar surface area (TPSA) is 87.8 Å². The molecule has 1 aliphatic heterocycles. The van der Waals surface area contributed by atoms with Crippen LogP contribution in [0.25, 0.3) is 0 Å². The smallest absolute Gasteiger partial charge is 0.322 e. The summed E-state index contributed by atoms with van der Waals surface area (Å²) in [5.41, 5.74) is 6.90. The van der Waals surface area contributed by atoms with Crippen LogP contribution in [0.5, 0.6) is 0 Å². The molecule has 1 aromatic rings. The van der Waals surface area contributed by atoms with E-state index in [4.69, 9.17) is 15.6 Å². The number of ether oxygens (including phenoxy) is 1. The van der Waals surface area contributed by atoms with Gasteiger partial charge in [0.1, 0.15) is 0 Å². The van der Waals surface area contributed by atoms with E-state index in [9.17, 15) is 4.79 Å². The Balaban J connectivity index is 1.95. The number of nitrogens with one attached hydrogen (secondary N) is 1. The summed E-state index contributed by atoms with van der Waals surface area (Å²) in [5, 5.41) is 11.8. The van der Waals surface area contributed by atoms with Crippen LogP contribution in [0, 0.1) is 0 Å². The van der Waals surface area contributed by atoms with Crippen LogP contribution in [-0.4, -0.2) is 48.4 Å². The van der Waals surface area contributed by atoms with E-state index in [1.165, 1.54) is 0 Å². The van der Waals surface area contributed by atoms with Crippen molar-refractivity contribution in [3.63, 3.8) is 0 Å². The number of anilines is 2. The Labute approximate surface area is 105 Å². The Morgan fingerprint density at radius 2 is 2.44 bits per heavy atom. The third-order valence-corrected chi connectivity index (χ3v) is 2.77. The summed E-state index contributed by atoms with van der Waals surface area (Å²) in [6.45, 7) is 1.27. The molecule has 1 saturated heterocycles. The number of nitrogens with two attached hydrogens (primary N) is 1. The Hall–Kier alpha value is -1.79. The average molecular weight is 251 g/mol. The number of carbonyl (C=O) groups excluding carboxylic acids is 1. The van der Waals surface area contributed by atoms with E-state index in [2.05, 4.69) is 5.32 Å². The molecule has 1 heterocycles. The van der Waals surface area contributed by atoms with Crippen molar-refractivity contribution in [3.8, 4) is 0 Å². The Kier molecular flexibility index (Phi) is 4.01. The summed E-state index contributed by atoms with van der Waals surface area (Å²) in [5.74, 6) is 0. The summed E-state index contributed by atoms with van der Waals surface area (Å²) < 4.78 is 5.29. The van der Waals surface area contributed by atoms with Crippen molar-refractivity contribution in [2.75, 3.05) is 37.4 Å². The highest BCUT2D eigenvalue weighted by Crippen LogP contribution is 2.13. The van der Waals surface area contributed by atoms with Crippen LogP contribution < -0.4 is 11.1 Å². The predicted molar refractivity (Wildman–Crippen MR) is 68.3 cm³/mol. The lowest BCUT2D eigenvalue weighted by molar-refractivity contribution is -0.0388. The van der Waals surface area contributed by atoms with Crippen LogP contribution in [0.4, 0.5) is 16.2 Å².